The minimum absolute atomic E-state index is 0.598. The van der Waals surface area contributed by atoms with Crippen molar-refractivity contribution in [2.75, 3.05) is 0 Å². The predicted molar refractivity (Wildman–Crippen MR) is 255 cm³/mol. The first-order chi connectivity index (χ1) is 31.6. The van der Waals surface area contributed by atoms with Crippen LogP contribution in [0.3, 0.4) is 0 Å². The number of hydrogen-bond donors (Lipinski definition) is 0. The number of hydrogen-bond acceptors (Lipinski definition) is 6. The molecule has 1 spiro atoms. The van der Waals surface area contributed by atoms with Crippen LogP contribution in [-0.2, 0) is 5.41 Å². The fraction of sp³-hybridized carbons (Fsp3) is 0.0172. The molecule has 5 nitrogen and oxygen atoms in total. The Morgan fingerprint density at radius 1 is 0.375 bits per heavy atom. The number of aromatic nitrogens is 3. The number of nitriles is 2. The number of fused-ring (bicyclic) bond motifs is 11. The van der Waals surface area contributed by atoms with Crippen molar-refractivity contribution in [1.29, 1.82) is 10.5 Å². The zero-order valence-electron chi connectivity index (χ0n) is 34.2. The van der Waals surface area contributed by atoms with E-state index < -0.39 is 5.41 Å². The highest BCUT2D eigenvalue weighted by Crippen LogP contribution is 2.65. The van der Waals surface area contributed by atoms with Gasteiger partial charge in [0.05, 0.1) is 28.7 Å². The molecule has 0 radical (unpaired) electrons. The van der Waals surface area contributed by atoms with Crippen LogP contribution in [0.1, 0.15) is 33.4 Å². The van der Waals surface area contributed by atoms with E-state index in [0.29, 0.717) is 28.6 Å². The Labute approximate surface area is 374 Å². The van der Waals surface area contributed by atoms with Gasteiger partial charge >= 0.3 is 0 Å². The molecule has 10 aromatic rings. The molecule has 1 aromatic heterocycles. The summed E-state index contributed by atoms with van der Waals surface area (Å²) in [6.07, 6.45) is 0. The van der Waals surface area contributed by atoms with Crippen LogP contribution in [0.2, 0.25) is 0 Å². The summed E-state index contributed by atoms with van der Waals surface area (Å²) in [4.78, 5) is 18.0. The molecule has 64 heavy (non-hydrogen) atoms. The molecule has 0 amide bonds. The fourth-order valence-corrected chi connectivity index (χ4v) is 11.1. The molecule has 12 rings (SSSR count). The summed E-state index contributed by atoms with van der Waals surface area (Å²) in [5, 5.41) is 21.7. The third-order valence-corrected chi connectivity index (χ3v) is 13.9. The van der Waals surface area contributed by atoms with Crippen LogP contribution in [0.4, 0.5) is 0 Å². The molecule has 0 saturated heterocycles. The Kier molecular flexibility index (Phi) is 8.69. The molecule has 0 saturated carbocycles. The Balaban J connectivity index is 1.22. The monoisotopic (exact) mass is 831 g/mol. The molecular formula is C58H33N5S. The van der Waals surface area contributed by atoms with Crippen molar-refractivity contribution in [1.82, 2.24) is 15.0 Å². The average Bonchev–Trinajstić information content (AvgIpc) is 3.67. The highest BCUT2D eigenvalue weighted by atomic mass is 32.2. The third kappa shape index (κ3) is 5.74. The van der Waals surface area contributed by atoms with Crippen molar-refractivity contribution in [3.05, 3.63) is 234 Å². The van der Waals surface area contributed by atoms with Crippen LogP contribution < -0.4 is 0 Å². The lowest BCUT2D eigenvalue weighted by molar-refractivity contribution is 0.724. The van der Waals surface area contributed by atoms with Gasteiger partial charge in [-0.15, -0.1) is 0 Å². The Morgan fingerprint density at radius 3 is 1.58 bits per heavy atom. The summed E-state index contributed by atoms with van der Waals surface area (Å²) < 4.78 is 0. The number of nitrogens with zero attached hydrogens (tertiary/aromatic N) is 5. The van der Waals surface area contributed by atoms with Crippen molar-refractivity contribution < 1.29 is 0 Å². The van der Waals surface area contributed by atoms with E-state index in [-0.39, 0.29) is 0 Å². The largest absolute Gasteiger partial charge is 0.208 e. The first-order valence-corrected chi connectivity index (χ1v) is 21.9. The van der Waals surface area contributed by atoms with Crippen molar-refractivity contribution >= 4 is 22.5 Å². The van der Waals surface area contributed by atoms with E-state index in [1.54, 1.807) is 11.8 Å². The van der Waals surface area contributed by atoms with Crippen LogP contribution >= 0.6 is 11.8 Å². The van der Waals surface area contributed by atoms with Gasteiger partial charge in [-0.25, -0.2) is 15.0 Å². The van der Waals surface area contributed by atoms with E-state index >= 15 is 0 Å². The summed E-state index contributed by atoms with van der Waals surface area (Å²) in [6, 6.07) is 74.0. The number of benzene rings is 9. The van der Waals surface area contributed by atoms with Crippen LogP contribution in [-0.4, -0.2) is 15.0 Å². The lowest BCUT2D eigenvalue weighted by atomic mass is 9.66. The maximum atomic E-state index is 9.80. The quantitative estimate of drug-likeness (QED) is 0.172. The van der Waals surface area contributed by atoms with Gasteiger partial charge in [0.15, 0.2) is 17.5 Å². The van der Waals surface area contributed by atoms with E-state index in [4.69, 9.17) is 15.0 Å². The van der Waals surface area contributed by atoms with Gasteiger partial charge < -0.3 is 0 Å². The van der Waals surface area contributed by atoms with Gasteiger partial charge in [0.2, 0.25) is 0 Å². The van der Waals surface area contributed by atoms with Crippen molar-refractivity contribution in [3.63, 3.8) is 0 Å². The van der Waals surface area contributed by atoms with Gasteiger partial charge in [0.25, 0.3) is 0 Å². The molecule has 1 aliphatic heterocycles. The SMILES string of the molecule is N#Cc1ccc(-c2cc(-c3ccc(C#N)cc3)c3c(c2)C2(c4ccccc4S3)c3ccccc3-c3c2cc(-c2nc(-c4ccccc4)nc(-c4ccccc4)n2)c2ccccc32)cc1. The lowest BCUT2D eigenvalue weighted by Crippen LogP contribution is -2.32. The summed E-state index contributed by atoms with van der Waals surface area (Å²) in [5.74, 6) is 1.81. The minimum Gasteiger partial charge on any atom is -0.208 e. The Morgan fingerprint density at radius 2 is 0.922 bits per heavy atom. The van der Waals surface area contributed by atoms with E-state index in [9.17, 15) is 10.5 Å². The van der Waals surface area contributed by atoms with Crippen LogP contribution in [0, 0.1) is 22.7 Å². The summed E-state index contributed by atoms with van der Waals surface area (Å²) in [5.41, 5.74) is 14.4. The first-order valence-electron chi connectivity index (χ1n) is 21.1. The summed E-state index contributed by atoms with van der Waals surface area (Å²) >= 11 is 1.80. The van der Waals surface area contributed by atoms with Gasteiger partial charge in [-0.1, -0.05) is 163 Å². The molecule has 2 heterocycles. The molecule has 296 valence electrons. The van der Waals surface area contributed by atoms with Gasteiger partial charge in [-0.05, 0) is 115 Å². The van der Waals surface area contributed by atoms with E-state index in [1.807, 2.05) is 97.1 Å². The number of rotatable bonds is 5. The second-order valence-electron chi connectivity index (χ2n) is 16.1. The smallest absolute Gasteiger partial charge is 0.164 e. The van der Waals surface area contributed by atoms with E-state index in [2.05, 4.69) is 115 Å². The zero-order valence-corrected chi connectivity index (χ0v) is 35.0. The highest BCUT2D eigenvalue weighted by Gasteiger charge is 2.51. The van der Waals surface area contributed by atoms with Crippen molar-refractivity contribution in [2.45, 2.75) is 15.2 Å². The molecule has 0 N–H and O–H groups in total. The minimum atomic E-state index is -0.774. The topological polar surface area (TPSA) is 86.2 Å². The molecular weight excluding hydrogens is 799 g/mol. The van der Waals surface area contributed by atoms with Crippen LogP contribution in [0.15, 0.2) is 210 Å². The predicted octanol–water partition coefficient (Wildman–Crippen LogP) is 13.9. The first kappa shape index (κ1) is 37.4. The zero-order chi connectivity index (χ0) is 42.8. The third-order valence-electron chi connectivity index (χ3n) is 12.7. The molecule has 0 fully saturated rings. The van der Waals surface area contributed by atoms with E-state index in [1.165, 1.54) is 27.1 Å². The summed E-state index contributed by atoms with van der Waals surface area (Å²) in [7, 11) is 0. The molecule has 6 heteroatoms. The second kappa shape index (κ2) is 14.9. The normalized spacial score (nSPS) is 14.2. The standard InChI is InChI=1S/C58H33N5S/c59-34-36-23-27-38(28-24-36)42-31-46(39-29-25-37(35-60)26-30-39)54-51(32-42)58(49-21-11-12-22-52(49)64-54)48-20-10-9-19-45(48)53-44-18-8-7-17-43(44)47(33-50(53)58)57-62-55(40-13-3-1-4-14-40)61-56(63-57)41-15-5-2-6-16-41/h1-33H. The van der Waals surface area contributed by atoms with E-state index in [0.717, 1.165) is 65.7 Å². The Bertz CT molecular complexity index is 3530. The fourth-order valence-electron chi connectivity index (χ4n) is 9.81. The van der Waals surface area contributed by atoms with Crippen molar-refractivity contribution in [3.8, 4) is 79.7 Å². The van der Waals surface area contributed by atoms with Crippen molar-refractivity contribution in [2.24, 2.45) is 0 Å². The average molecular weight is 832 g/mol. The van der Waals surface area contributed by atoms with Gasteiger partial charge in [-0.3, -0.25) is 0 Å². The second-order valence-corrected chi connectivity index (χ2v) is 17.2. The maximum Gasteiger partial charge on any atom is 0.164 e. The van der Waals surface area contributed by atoms with Gasteiger partial charge in [0, 0.05) is 26.5 Å². The maximum absolute atomic E-state index is 9.80. The molecule has 1 unspecified atom stereocenters. The van der Waals surface area contributed by atoms with Gasteiger partial charge in [0.1, 0.15) is 0 Å². The highest BCUT2D eigenvalue weighted by molar-refractivity contribution is 7.99. The molecule has 1 atom stereocenters. The molecule has 0 bridgehead atoms. The Hall–Kier alpha value is -8.42. The molecule has 2 aliphatic rings. The van der Waals surface area contributed by atoms with Crippen LogP contribution in [0.25, 0.3) is 78.3 Å². The molecule has 9 aromatic carbocycles. The lowest BCUT2D eigenvalue weighted by Gasteiger charge is -2.41. The van der Waals surface area contributed by atoms with Crippen LogP contribution in [0.5, 0.6) is 0 Å². The van der Waals surface area contributed by atoms with Gasteiger partial charge in [-0.2, -0.15) is 10.5 Å². The molecule has 1 aliphatic carbocycles. The summed E-state index contributed by atoms with van der Waals surface area (Å²) in [6.45, 7) is 0.